The highest BCUT2D eigenvalue weighted by atomic mass is 16.6. The number of aliphatic hydroxyl groups is 2. The van der Waals surface area contributed by atoms with Crippen LogP contribution in [0.4, 0.5) is 10.5 Å². The molecule has 12 heteroatoms. The molecule has 3 fully saturated rings. The van der Waals surface area contributed by atoms with Crippen molar-refractivity contribution >= 4 is 23.6 Å². The topological polar surface area (TPSA) is 156 Å². The summed E-state index contributed by atoms with van der Waals surface area (Å²) in [6.07, 6.45) is 1.22. The highest BCUT2D eigenvalue weighted by molar-refractivity contribution is 5.86. The van der Waals surface area contributed by atoms with Crippen LogP contribution in [0.5, 0.6) is 17.2 Å². The number of carbonyl (C=O) groups is 3. The molecule has 4 rings (SSSR count). The van der Waals surface area contributed by atoms with Crippen molar-refractivity contribution in [3.8, 4) is 17.2 Å². The summed E-state index contributed by atoms with van der Waals surface area (Å²) in [4.78, 5) is 39.8. The van der Waals surface area contributed by atoms with E-state index in [1.54, 1.807) is 17.0 Å². The minimum atomic E-state index is -0.786. The third-order valence-electron chi connectivity index (χ3n) is 10.2. The lowest BCUT2D eigenvalue weighted by molar-refractivity contribution is -0.186. The zero-order valence-corrected chi connectivity index (χ0v) is 26.1. The third kappa shape index (κ3) is 6.50. The lowest BCUT2D eigenvalue weighted by atomic mass is 9.46. The van der Waals surface area contributed by atoms with Gasteiger partial charge in [0.1, 0.15) is 6.10 Å². The second-order valence-electron chi connectivity index (χ2n) is 12.7. The highest BCUT2D eigenvalue weighted by Gasteiger charge is 2.60. The molecule has 43 heavy (non-hydrogen) atoms. The van der Waals surface area contributed by atoms with Crippen LogP contribution in [0, 0.1) is 22.7 Å². The van der Waals surface area contributed by atoms with Crippen molar-refractivity contribution in [2.24, 2.45) is 22.7 Å². The fourth-order valence-electron chi connectivity index (χ4n) is 7.92. The van der Waals surface area contributed by atoms with Gasteiger partial charge in [-0.3, -0.25) is 14.9 Å². The Morgan fingerprint density at radius 3 is 2.28 bits per heavy atom. The summed E-state index contributed by atoms with van der Waals surface area (Å²) in [5, 5.41) is 27.5. The van der Waals surface area contributed by atoms with Crippen LogP contribution in [-0.2, 0) is 14.3 Å². The average molecular weight is 606 g/mol. The van der Waals surface area contributed by atoms with Crippen LogP contribution in [0.25, 0.3) is 0 Å². The molecule has 1 heterocycles. The molecule has 0 spiro atoms. The number of fused-ring (bicyclic) bond motifs is 1. The summed E-state index contributed by atoms with van der Waals surface area (Å²) in [6.45, 7) is 6.32. The Bertz CT molecular complexity index is 1170. The first kappa shape index (κ1) is 32.7. The molecule has 240 valence electrons. The van der Waals surface area contributed by atoms with Gasteiger partial charge in [0.05, 0.1) is 39.7 Å². The Morgan fingerprint density at radius 2 is 1.70 bits per heavy atom. The predicted molar refractivity (Wildman–Crippen MR) is 158 cm³/mol. The molecular weight excluding hydrogens is 558 g/mol. The van der Waals surface area contributed by atoms with E-state index in [1.165, 1.54) is 28.3 Å². The second-order valence-corrected chi connectivity index (χ2v) is 12.7. The SMILES string of the molecule is COc1cc(NC(=O)OC2CCC3(C)C(CC(=O)N4CCC(NC(C)=O)C4)C(O)CCC3C2(C)CO)cc(OC)c1OC. The first-order chi connectivity index (χ1) is 20.4. The first-order valence-corrected chi connectivity index (χ1v) is 15.0. The molecule has 0 radical (unpaired) electrons. The van der Waals surface area contributed by atoms with E-state index in [2.05, 4.69) is 17.6 Å². The van der Waals surface area contributed by atoms with Gasteiger partial charge >= 0.3 is 6.09 Å². The standard InChI is InChI=1S/C31H47N3O9/c1-18(36)32-19-10-12-34(16-19)27(38)15-21-22(37)7-8-25-30(21,2)11-9-26(31(25,3)17-35)43-29(39)33-20-13-23(40-4)28(42-6)24(14-20)41-5/h13-14,19,21-22,25-26,35,37H,7-12,15-17H2,1-6H3,(H,32,36)(H,33,39). The molecule has 2 aliphatic carbocycles. The molecule has 2 saturated carbocycles. The molecule has 7 unspecified atom stereocenters. The molecule has 1 aromatic carbocycles. The maximum atomic E-state index is 13.4. The van der Waals surface area contributed by atoms with Crippen molar-refractivity contribution in [1.82, 2.24) is 10.2 Å². The number of rotatable bonds is 9. The summed E-state index contributed by atoms with van der Waals surface area (Å²) in [6, 6.07) is 3.15. The van der Waals surface area contributed by atoms with E-state index in [9.17, 15) is 24.6 Å². The van der Waals surface area contributed by atoms with Crippen molar-refractivity contribution in [2.75, 3.05) is 46.3 Å². The second kappa shape index (κ2) is 13.2. The van der Waals surface area contributed by atoms with Crippen LogP contribution >= 0.6 is 0 Å². The average Bonchev–Trinajstić information content (AvgIpc) is 3.43. The lowest BCUT2D eigenvalue weighted by Gasteiger charge is -2.60. The Kier molecular flexibility index (Phi) is 10.0. The van der Waals surface area contributed by atoms with E-state index in [4.69, 9.17) is 18.9 Å². The molecule has 1 aromatic rings. The van der Waals surface area contributed by atoms with Crippen molar-refractivity contribution in [1.29, 1.82) is 0 Å². The monoisotopic (exact) mass is 605 g/mol. The van der Waals surface area contributed by atoms with Crippen LogP contribution < -0.4 is 24.8 Å². The summed E-state index contributed by atoms with van der Waals surface area (Å²) < 4.78 is 22.1. The van der Waals surface area contributed by atoms with Crippen LogP contribution in [0.1, 0.15) is 59.3 Å². The number of ether oxygens (including phenoxy) is 4. The summed E-state index contributed by atoms with van der Waals surface area (Å²) in [7, 11) is 4.47. The minimum absolute atomic E-state index is 0.0347. The lowest BCUT2D eigenvalue weighted by Crippen LogP contribution is -2.61. The summed E-state index contributed by atoms with van der Waals surface area (Å²) in [5.74, 6) is 0.610. The van der Waals surface area contributed by atoms with Crippen molar-refractivity contribution in [3.05, 3.63) is 12.1 Å². The normalized spacial score (nSPS) is 31.9. The highest BCUT2D eigenvalue weighted by Crippen LogP contribution is 2.61. The fraction of sp³-hybridized carbons (Fsp3) is 0.710. The Labute approximate surface area is 253 Å². The van der Waals surface area contributed by atoms with Gasteiger partial charge in [0.2, 0.25) is 17.6 Å². The zero-order valence-electron chi connectivity index (χ0n) is 26.1. The summed E-state index contributed by atoms with van der Waals surface area (Å²) >= 11 is 0. The van der Waals surface area contributed by atoms with E-state index in [0.717, 1.165) is 0 Å². The number of methoxy groups -OCH3 is 3. The van der Waals surface area contributed by atoms with Gasteiger partial charge in [0.25, 0.3) is 0 Å². The first-order valence-electron chi connectivity index (χ1n) is 15.0. The predicted octanol–water partition coefficient (Wildman–Crippen LogP) is 2.94. The van der Waals surface area contributed by atoms with Gasteiger partial charge in [-0.25, -0.2) is 4.79 Å². The van der Waals surface area contributed by atoms with Crippen molar-refractivity contribution < 1.29 is 43.5 Å². The maximum absolute atomic E-state index is 13.4. The number of amides is 3. The van der Waals surface area contributed by atoms with Crippen molar-refractivity contribution in [2.45, 2.75) is 77.5 Å². The van der Waals surface area contributed by atoms with Gasteiger partial charge in [0.15, 0.2) is 11.5 Å². The number of carbonyl (C=O) groups excluding carboxylic acids is 3. The number of likely N-dealkylation sites (tertiary alicyclic amines) is 1. The Balaban J connectivity index is 1.47. The van der Waals surface area contributed by atoms with Crippen LogP contribution in [-0.4, -0.2) is 92.3 Å². The van der Waals surface area contributed by atoms with Gasteiger partial charge in [-0.15, -0.1) is 0 Å². The fourth-order valence-corrected chi connectivity index (χ4v) is 7.92. The molecule has 0 aromatic heterocycles. The number of nitrogens with one attached hydrogen (secondary N) is 2. The number of aliphatic hydroxyl groups excluding tert-OH is 2. The Hall–Kier alpha value is -3.25. The molecule has 7 atom stereocenters. The number of hydrogen-bond donors (Lipinski definition) is 4. The molecule has 3 aliphatic rings. The number of anilines is 1. The van der Waals surface area contributed by atoms with Crippen LogP contribution in [0.15, 0.2) is 12.1 Å². The van der Waals surface area contributed by atoms with E-state index in [-0.39, 0.29) is 42.7 Å². The van der Waals surface area contributed by atoms with E-state index in [1.807, 2.05) is 6.92 Å². The molecule has 3 amide bonds. The van der Waals surface area contributed by atoms with Gasteiger partial charge < -0.3 is 39.4 Å². The number of benzene rings is 1. The molecule has 0 bridgehead atoms. The largest absolute Gasteiger partial charge is 0.493 e. The van der Waals surface area contributed by atoms with Gasteiger partial charge in [0, 0.05) is 50.0 Å². The molecule has 4 N–H and O–H groups in total. The van der Waals surface area contributed by atoms with E-state index in [0.29, 0.717) is 68.1 Å². The van der Waals surface area contributed by atoms with E-state index >= 15 is 0 Å². The molecule has 1 aliphatic heterocycles. The quantitative estimate of drug-likeness (QED) is 0.332. The van der Waals surface area contributed by atoms with E-state index < -0.39 is 29.1 Å². The third-order valence-corrected chi connectivity index (χ3v) is 10.2. The van der Waals surface area contributed by atoms with Gasteiger partial charge in [-0.1, -0.05) is 13.8 Å². The zero-order chi connectivity index (χ0) is 31.5. The molecule has 12 nitrogen and oxygen atoms in total. The molecule has 1 saturated heterocycles. The smallest absolute Gasteiger partial charge is 0.411 e. The van der Waals surface area contributed by atoms with Crippen LogP contribution in [0.3, 0.4) is 0 Å². The molecular formula is C31H47N3O9. The number of nitrogens with zero attached hydrogens (tertiary/aromatic N) is 1. The van der Waals surface area contributed by atoms with Gasteiger partial charge in [-0.05, 0) is 49.4 Å². The maximum Gasteiger partial charge on any atom is 0.411 e. The minimum Gasteiger partial charge on any atom is -0.493 e. The van der Waals surface area contributed by atoms with Crippen LogP contribution in [0.2, 0.25) is 0 Å². The van der Waals surface area contributed by atoms with Crippen molar-refractivity contribution in [3.63, 3.8) is 0 Å². The summed E-state index contributed by atoms with van der Waals surface area (Å²) in [5.41, 5.74) is -0.840. The van der Waals surface area contributed by atoms with Gasteiger partial charge in [-0.2, -0.15) is 0 Å². The Morgan fingerprint density at radius 1 is 1.02 bits per heavy atom. The number of hydrogen-bond acceptors (Lipinski definition) is 9.